The van der Waals surface area contributed by atoms with E-state index in [9.17, 15) is 9.90 Å². The Morgan fingerprint density at radius 2 is 1.85 bits per heavy atom. The van der Waals surface area contributed by atoms with E-state index in [2.05, 4.69) is 35.6 Å². The van der Waals surface area contributed by atoms with Crippen LogP contribution in [0.2, 0.25) is 0 Å². The van der Waals surface area contributed by atoms with Crippen LogP contribution in [0, 0.1) is 0 Å². The first-order chi connectivity index (χ1) is 12.7. The van der Waals surface area contributed by atoms with E-state index in [1.54, 1.807) is 12.1 Å². The predicted octanol–water partition coefficient (Wildman–Crippen LogP) is 5.22. The lowest BCUT2D eigenvalue weighted by Crippen LogP contribution is -2.27. The Bertz CT molecular complexity index is 1080. The van der Waals surface area contributed by atoms with Crippen LogP contribution in [-0.2, 0) is 4.79 Å². The Balaban J connectivity index is 1.79. The van der Waals surface area contributed by atoms with Crippen molar-refractivity contribution in [2.45, 2.75) is 25.3 Å². The van der Waals surface area contributed by atoms with Gasteiger partial charge in [-0.25, -0.2) is 0 Å². The molecule has 0 aromatic heterocycles. The summed E-state index contributed by atoms with van der Waals surface area (Å²) >= 11 is 0. The van der Waals surface area contributed by atoms with Crippen LogP contribution in [0.5, 0.6) is 5.75 Å². The van der Waals surface area contributed by atoms with E-state index in [1.807, 2.05) is 18.2 Å². The number of hydrogen-bond acceptors (Lipinski definition) is 3. The van der Waals surface area contributed by atoms with Gasteiger partial charge in [-0.3, -0.25) is 4.79 Å². The number of Topliss-reactive ketones (excluding diaryl/α,β-unsaturated/α-hetero) is 1. The first kappa shape index (κ1) is 15.2. The topological polar surface area (TPSA) is 49.3 Å². The Morgan fingerprint density at radius 3 is 2.73 bits per heavy atom. The average molecular weight is 341 g/mol. The number of nitrogens with one attached hydrogen (secondary N) is 1. The van der Waals surface area contributed by atoms with Crippen molar-refractivity contribution in [1.29, 1.82) is 0 Å². The minimum atomic E-state index is -0.210. The molecule has 1 unspecified atom stereocenters. The molecule has 26 heavy (non-hydrogen) atoms. The zero-order valence-electron chi connectivity index (χ0n) is 14.3. The van der Waals surface area contributed by atoms with Gasteiger partial charge in [0.05, 0.1) is 6.04 Å². The number of aromatic hydroxyl groups is 1. The van der Waals surface area contributed by atoms with Crippen molar-refractivity contribution in [3.63, 3.8) is 0 Å². The Labute approximate surface area is 152 Å². The SMILES string of the molecule is O=C1CCCC2=C1C(c1cccc(O)c1)Nc1ccc3ccccc3c12. The van der Waals surface area contributed by atoms with Gasteiger partial charge in [-0.1, -0.05) is 42.5 Å². The number of carbonyl (C=O) groups excluding carboxylic acids is 1. The van der Waals surface area contributed by atoms with Crippen molar-refractivity contribution >= 4 is 27.8 Å². The monoisotopic (exact) mass is 341 g/mol. The van der Waals surface area contributed by atoms with Crippen molar-refractivity contribution in [3.8, 4) is 5.75 Å². The molecule has 0 saturated heterocycles. The highest BCUT2D eigenvalue weighted by Crippen LogP contribution is 2.48. The number of carbonyl (C=O) groups is 1. The van der Waals surface area contributed by atoms with E-state index in [-0.39, 0.29) is 17.6 Å². The van der Waals surface area contributed by atoms with Crippen LogP contribution in [0.3, 0.4) is 0 Å². The first-order valence-electron chi connectivity index (χ1n) is 9.06. The van der Waals surface area contributed by atoms with Crippen LogP contribution in [0.1, 0.15) is 36.4 Å². The number of fused-ring (bicyclic) bond motifs is 4. The van der Waals surface area contributed by atoms with Gasteiger partial charge in [0.1, 0.15) is 5.75 Å². The minimum absolute atomic E-state index is 0.210. The first-order valence-corrected chi connectivity index (χ1v) is 9.06. The maximum absolute atomic E-state index is 12.9. The molecule has 3 nitrogen and oxygen atoms in total. The van der Waals surface area contributed by atoms with Crippen molar-refractivity contribution < 1.29 is 9.90 Å². The summed E-state index contributed by atoms with van der Waals surface area (Å²) in [5.41, 5.74) is 5.19. The summed E-state index contributed by atoms with van der Waals surface area (Å²) < 4.78 is 0. The molecule has 2 aliphatic rings. The Morgan fingerprint density at radius 1 is 0.962 bits per heavy atom. The number of allylic oxidation sites excluding steroid dienone is 1. The van der Waals surface area contributed by atoms with E-state index in [0.717, 1.165) is 29.7 Å². The molecule has 128 valence electrons. The number of hydrogen-bond donors (Lipinski definition) is 2. The van der Waals surface area contributed by atoms with E-state index in [1.165, 1.54) is 21.9 Å². The van der Waals surface area contributed by atoms with Crippen molar-refractivity contribution in [2.75, 3.05) is 5.32 Å². The highest BCUT2D eigenvalue weighted by Gasteiger charge is 2.34. The highest BCUT2D eigenvalue weighted by molar-refractivity contribution is 6.12. The molecule has 0 amide bonds. The summed E-state index contributed by atoms with van der Waals surface area (Å²) in [6.45, 7) is 0. The van der Waals surface area contributed by atoms with Crippen LogP contribution in [0.15, 0.2) is 66.2 Å². The zero-order valence-corrected chi connectivity index (χ0v) is 14.3. The summed E-state index contributed by atoms with van der Waals surface area (Å²) in [7, 11) is 0. The van der Waals surface area contributed by atoms with Gasteiger partial charge in [-0.2, -0.15) is 0 Å². The standard InChI is InChI=1S/C23H19NO2/c25-16-7-3-6-15(13-16)23-22-18(9-4-10-20(22)26)21-17-8-2-1-5-14(17)11-12-19(21)24-23/h1-3,5-8,11-13,23-25H,4,9-10H2. The number of benzene rings is 3. The molecule has 3 aromatic carbocycles. The average Bonchev–Trinajstić information content (AvgIpc) is 2.67. The number of anilines is 1. The number of phenols is 1. The molecule has 1 aliphatic heterocycles. The summed E-state index contributed by atoms with van der Waals surface area (Å²) in [5, 5.41) is 15.9. The van der Waals surface area contributed by atoms with E-state index >= 15 is 0 Å². The van der Waals surface area contributed by atoms with Crippen LogP contribution in [0.4, 0.5) is 5.69 Å². The molecule has 0 spiro atoms. The molecule has 2 N–H and O–H groups in total. The summed E-state index contributed by atoms with van der Waals surface area (Å²) in [6.07, 6.45) is 2.40. The van der Waals surface area contributed by atoms with Crippen LogP contribution in [0.25, 0.3) is 16.3 Å². The third-order valence-corrected chi connectivity index (χ3v) is 5.48. The van der Waals surface area contributed by atoms with Gasteiger partial charge in [-0.05, 0) is 52.9 Å². The second-order valence-electron chi connectivity index (χ2n) is 7.05. The number of phenolic OH excluding ortho intramolecular Hbond substituents is 1. The number of ketones is 1. The van der Waals surface area contributed by atoms with Crippen molar-refractivity contribution in [2.24, 2.45) is 0 Å². The van der Waals surface area contributed by atoms with Gasteiger partial charge < -0.3 is 10.4 Å². The van der Waals surface area contributed by atoms with Crippen molar-refractivity contribution in [3.05, 3.63) is 77.4 Å². The van der Waals surface area contributed by atoms with E-state index < -0.39 is 0 Å². The van der Waals surface area contributed by atoms with E-state index in [4.69, 9.17) is 0 Å². The third kappa shape index (κ3) is 2.24. The fraction of sp³-hybridized carbons (Fsp3) is 0.174. The van der Waals surface area contributed by atoms with Crippen molar-refractivity contribution in [1.82, 2.24) is 0 Å². The maximum Gasteiger partial charge on any atom is 0.161 e. The van der Waals surface area contributed by atoms with Gasteiger partial charge >= 0.3 is 0 Å². The quantitative estimate of drug-likeness (QED) is 0.638. The number of rotatable bonds is 1. The molecule has 5 rings (SSSR count). The summed E-state index contributed by atoms with van der Waals surface area (Å²) in [4.78, 5) is 12.9. The third-order valence-electron chi connectivity index (χ3n) is 5.48. The largest absolute Gasteiger partial charge is 0.508 e. The van der Waals surface area contributed by atoms with Crippen LogP contribution < -0.4 is 5.32 Å². The van der Waals surface area contributed by atoms with Gasteiger partial charge in [0.25, 0.3) is 0 Å². The molecule has 3 aromatic rings. The van der Waals surface area contributed by atoms with Gasteiger partial charge in [-0.15, -0.1) is 0 Å². The fourth-order valence-electron chi connectivity index (χ4n) is 4.36. The second kappa shape index (κ2) is 5.73. The smallest absolute Gasteiger partial charge is 0.161 e. The highest BCUT2D eigenvalue weighted by atomic mass is 16.3. The molecule has 0 saturated carbocycles. The summed E-state index contributed by atoms with van der Waals surface area (Å²) in [5.74, 6) is 0.435. The van der Waals surface area contributed by atoms with Crippen LogP contribution in [-0.4, -0.2) is 10.9 Å². The molecule has 0 fully saturated rings. The minimum Gasteiger partial charge on any atom is -0.508 e. The lowest BCUT2D eigenvalue weighted by Gasteiger charge is -2.35. The fourth-order valence-corrected chi connectivity index (χ4v) is 4.36. The lowest BCUT2D eigenvalue weighted by molar-refractivity contribution is -0.116. The molecular formula is C23H19NO2. The zero-order chi connectivity index (χ0) is 17.7. The summed E-state index contributed by atoms with van der Waals surface area (Å²) in [6, 6.07) is 19.6. The maximum atomic E-state index is 12.9. The van der Waals surface area contributed by atoms with Crippen LogP contribution >= 0.6 is 0 Å². The molecular weight excluding hydrogens is 322 g/mol. The second-order valence-corrected chi connectivity index (χ2v) is 7.05. The molecule has 1 atom stereocenters. The van der Waals surface area contributed by atoms with Gasteiger partial charge in [0.2, 0.25) is 0 Å². The molecule has 0 radical (unpaired) electrons. The molecule has 0 bridgehead atoms. The van der Waals surface area contributed by atoms with Gasteiger partial charge in [0.15, 0.2) is 5.78 Å². The Hall–Kier alpha value is -3.07. The molecule has 1 heterocycles. The van der Waals surface area contributed by atoms with Gasteiger partial charge in [0, 0.05) is 23.2 Å². The molecule has 1 aliphatic carbocycles. The normalized spacial score (nSPS) is 19.1. The molecule has 3 heteroatoms. The van der Waals surface area contributed by atoms with E-state index in [0.29, 0.717) is 6.42 Å². The lowest BCUT2D eigenvalue weighted by atomic mass is 9.77. The predicted molar refractivity (Wildman–Crippen MR) is 104 cm³/mol. The Kier molecular flexibility index (Phi) is 3.35.